The van der Waals surface area contributed by atoms with Gasteiger partial charge in [0.25, 0.3) is 5.91 Å². The first-order valence-electron chi connectivity index (χ1n) is 5.45. The van der Waals surface area contributed by atoms with E-state index in [9.17, 15) is 9.18 Å². The second-order valence-electron chi connectivity index (χ2n) is 3.70. The Morgan fingerprint density at radius 3 is 2.78 bits per heavy atom. The van der Waals surface area contributed by atoms with Crippen molar-refractivity contribution in [2.45, 2.75) is 13.3 Å². The van der Waals surface area contributed by atoms with Crippen LogP contribution in [0.2, 0.25) is 0 Å². The van der Waals surface area contributed by atoms with E-state index in [1.165, 1.54) is 18.2 Å². The van der Waals surface area contributed by atoms with Crippen LogP contribution in [-0.4, -0.2) is 5.91 Å². The van der Waals surface area contributed by atoms with E-state index in [2.05, 4.69) is 5.32 Å². The number of hydrogen-bond acceptors (Lipinski definition) is 2. The Balaban J connectivity index is 2.16. The summed E-state index contributed by atoms with van der Waals surface area (Å²) < 4.78 is 18.9. The third-order valence-corrected chi connectivity index (χ3v) is 3.31. The van der Waals surface area contributed by atoms with E-state index in [1.54, 1.807) is 12.1 Å². The molecule has 0 aliphatic rings. The molecule has 5 heteroatoms. The number of carbonyl (C=O) groups is 1. The standard InChI is InChI=1S/C13H11FINO2/c1-2-9-4-6-12(18-9)13(17)16-11-5-3-8(14)7-10(11)15/h3-7H,2H2,1H3,(H,16,17). The number of anilines is 1. The molecule has 3 nitrogen and oxygen atoms in total. The molecule has 0 saturated heterocycles. The Morgan fingerprint density at radius 2 is 2.17 bits per heavy atom. The number of amides is 1. The van der Waals surface area contributed by atoms with E-state index in [1.807, 2.05) is 29.5 Å². The third-order valence-electron chi connectivity index (χ3n) is 2.41. The normalized spacial score (nSPS) is 10.4. The molecule has 1 N–H and O–H groups in total. The number of halogens is 2. The molecule has 0 spiro atoms. The fraction of sp³-hybridized carbons (Fsp3) is 0.154. The van der Waals surface area contributed by atoms with Crippen molar-refractivity contribution in [1.82, 2.24) is 0 Å². The summed E-state index contributed by atoms with van der Waals surface area (Å²) in [5, 5.41) is 2.68. The molecule has 0 fully saturated rings. The molecule has 0 atom stereocenters. The van der Waals surface area contributed by atoms with Gasteiger partial charge in [0.05, 0.1) is 5.69 Å². The van der Waals surface area contributed by atoms with E-state index in [4.69, 9.17) is 4.42 Å². The van der Waals surface area contributed by atoms with Gasteiger partial charge in [-0.15, -0.1) is 0 Å². The molecule has 0 radical (unpaired) electrons. The van der Waals surface area contributed by atoms with Crippen molar-refractivity contribution >= 4 is 34.2 Å². The minimum Gasteiger partial charge on any atom is -0.456 e. The van der Waals surface area contributed by atoms with E-state index in [0.717, 1.165) is 12.2 Å². The average Bonchev–Trinajstić information content (AvgIpc) is 2.81. The smallest absolute Gasteiger partial charge is 0.291 e. The Bertz CT molecular complexity index is 580. The van der Waals surface area contributed by atoms with Crippen LogP contribution in [0.25, 0.3) is 0 Å². The molecule has 94 valence electrons. The molecule has 1 amide bonds. The summed E-state index contributed by atoms with van der Waals surface area (Å²) in [6.45, 7) is 1.95. The topological polar surface area (TPSA) is 42.2 Å². The average molecular weight is 359 g/mol. The van der Waals surface area contributed by atoms with Gasteiger partial charge in [-0.05, 0) is 52.9 Å². The number of hydrogen-bond donors (Lipinski definition) is 1. The van der Waals surface area contributed by atoms with Gasteiger partial charge in [0, 0.05) is 9.99 Å². The second-order valence-corrected chi connectivity index (χ2v) is 4.86. The second kappa shape index (κ2) is 5.51. The highest BCUT2D eigenvalue weighted by molar-refractivity contribution is 14.1. The number of benzene rings is 1. The molecule has 1 heterocycles. The summed E-state index contributed by atoms with van der Waals surface area (Å²) in [4.78, 5) is 11.9. The van der Waals surface area contributed by atoms with Crippen LogP contribution in [0.3, 0.4) is 0 Å². The van der Waals surface area contributed by atoms with Crippen molar-refractivity contribution < 1.29 is 13.6 Å². The van der Waals surface area contributed by atoms with Crippen molar-refractivity contribution in [3.63, 3.8) is 0 Å². The van der Waals surface area contributed by atoms with Crippen LogP contribution in [0, 0.1) is 9.39 Å². The molecule has 18 heavy (non-hydrogen) atoms. The van der Waals surface area contributed by atoms with E-state index < -0.39 is 0 Å². The fourth-order valence-corrected chi connectivity index (χ4v) is 2.08. The van der Waals surface area contributed by atoms with Gasteiger partial charge in [0.1, 0.15) is 11.6 Å². The molecular formula is C13H11FINO2. The Labute approximate surface area is 118 Å². The summed E-state index contributed by atoms with van der Waals surface area (Å²) in [7, 11) is 0. The quantitative estimate of drug-likeness (QED) is 0.847. The summed E-state index contributed by atoms with van der Waals surface area (Å²) in [5.41, 5.74) is 0.566. The molecule has 0 aliphatic carbocycles. The number of furan rings is 1. The lowest BCUT2D eigenvalue weighted by Crippen LogP contribution is -2.11. The lowest BCUT2D eigenvalue weighted by Gasteiger charge is -2.05. The van der Waals surface area contributed by atoms with E-state index >= 15 is 0 Å². The van der Waals surface area contributed by atoms with Crippen LogP contribution >= 0.6 is 22.6 Å². The highest BCUT2D eigenvalue weighted by Gasteiger charge is 2.12. The van der Waals surface area contributed by atoms with Crippen molar-refractivity contribution in [1.29, 1.82) is 0 Å². The molecule has 1 aromatic carbocycles. The first-order valence-corrected chi connectivity index (χ1v) is 6.53. The number of nitrogens with one attached hydrogen (secondary N) is 1. The van der Waals surface area contributed by atoms with Crippen LogP contribution < -0.4 is 5.32 Å². The summed E-state index contributed by atoms with van der Waals surface area (Å²) >= 11 is 1.97. The maximum absolute atomic E-state index is 12.9. The van der Waals surface area contributed by atoms with E-state index in [0.29, 0.717) is 9.26 Å². The summed E-state index contributed by atoms with van der Waals surface area (Å²) in [5.74, 6) is 0.351. The molecule has 0 unspecified atom stereocenters. The molecule has 1 aromatic heterocycles. The lowest BCUT2D eigenvalue weighted by molar-refractivity contribution is 0.0995. The lowest BCUT2D eigenvalue weighted by atomic mass is 10.3. The summed E-state index contributed by atoms with van der Waals surface area (Å²) in [6, 6.07) is 7.58. The van der Waals surface area contributed by atoms with Gasteiger partial charge in [-0.25, -0.2) is 4.39 Å². The van der Waals surface area contributed by atoms with Crippen LogP contribution in [0.15, 0.2) is 34.7 Å². The predicted octanol–water partition coefficient (Wildman–Crippen LogP) is 3.84. The zero-order valence-corrected chi connectivity index (χ0v) is 11.8. The highest BCUT2D eigenvalue weighted by atomic mass is 127. The van der Waals surface area contributed by atoms with Crippen molar-refractivity contribution in [3.05, 3.63) is 51.2 Å². The molecular weight excluding hydrogens is 348 g/mol. The van der Waals surface area contributed by atoms with Gasteiger partial charge in [-0.2, -0.15) is 0 Å². The molecule has 0 aliphatic heterocycles. The van der Waals surface area contributed by atoms with Crippen LogP contribution in [0.5, 0.6) is 0 Å². The van der Waals surface area contributed by atoms with Crippen molar-refractivity contribution in [2.75, 3.05) is 5.32 Å². The van der Waals surface area contributed by atoms with Gasteiger partial charge >= 0.3 is 0 Å². The Kier molecular flexibility index (Phi) is 4.00. The number of carbonyl (C=O) groups excluding carboxylic acids is 1. The van der Waals surface area contributed by atoms with Gasteiger partial charge in [0.15, 0.2) is 5.76 Å². The Hall–Kier alpha value is -1.37. The molecule has 0 bridgehead atoms. The zero-order chi connectivity index (χ0) is 13.1. The SMILES string of the molecule is CCc1ccc(C(=O)Nc2ccc(F)cc2I)o1. The summed E-state index contributed by atoms with van der Waals surface area (Å²) in [6.07, 6.45) is 0.737. The third kappa shape index (κ3) is 2.90. The predicted molar refractivity (Wildman–Crippen MR) is 75.2 cm³/mol. The number of aryl methyl sites for hydroxylation is 1. The minimum absolute atomic E-state index is 0.256. The van der Waals surface area contributed by atoms with Gasteiger partial charge in [-0.3, -0.25) is 4.79 Å². The monoisotopic (exact) mass is 359 g/mol. The molecule has 0 saturated carbocycles. The van der Waals surface area contributed by atoms with Gasteiger partial charge in [-0.1, -0.05) is 6.92 Å². The van der Waals surface area contributed by atoms with Gasteiger partial charge in [0.2, 0.25) is 0 Å². The van der Waals surface area contributed by atoms with Crippen molar-refractivity contribution in [3.8, 4) is 0 Å². The van der Waals surface area contributed by atoms with Crippen LogP contribution in [0.4, 0.5) is 10.1 Å². The fourth-order valence-electron chi connectivity index (χ4n) is 1.46. The highest BCUT2D eigenvalue weighted by Crippen LogP contribution is 2.20. The molecule has 2 rings (SSSR count). The first-order chi connectivity index (χ1) is 8.60. The zero-order valence-electron chi connectivity index (χ0n) is 9.67. The van der Waals surface area contributed by atoms with Crippen molar-refractivity contribution in [2.24, 2.45) is 0 Å². The van der Waals surface area contributed by atoms with Gasteiger partial charge < -0.3 is 9.73 Å². The number of rotatable bonds is 3. The minimum atomic E-state index is -0.334. The Morgan fingerprint density at radius 1 is 1.39 bits per heavy atom. The van der Waals surface area contributed by atoms with Crippen LogP contribution in [0.1, 0.15) is 23.2 Å². The maximum atomic E-state index is 12.9. The first kappa shape index (κ1) is 13.1. The van der Waals surface area contributed by atoms with E-state index in [-0.39, 0.29) is 17.5 Å². The molecule has 2 aromatic rings. The maximum Gasteiger partial charge on any atom is 0.291 e. The van der Waals surface area contributed by atoms with Crippen LogP contribution in [-0.2, 0) is 6.42 Å². The largest absolute Gasteiger partial charge is 0.456 e.